The lowest BCUT2D eigenvalue weighted by atomic mass is 9.77. The van der Waals surface area contributed by atoms with Crippen molar-refractivity contribution in [1.29, 1.82) is 0 Å². The third-order valence-corrected chi connectivity index (χ3v) is 3.09. The summed E-state index contributed by atoms with van der Waals surface area (Å²) in [6.07, 6.45) is 4.84. The van der Waals surface area contributed by atoms with E-state index in [1.54, 1.807) is 0 Å². The number of unbranched alkanes of at least 4 members (excludes halogenated alkanes) is 2. The van der Waals surface area contributed by atoms with Gasteiger partial charge in [0.05, 0.1) is 0 Å². The van der Waals surface area contributed by atoms with Gasteiger partial charge in [-0.05, 0) is 32.1 Å². The second-order valence-corrected chi connectivity index (χ2v) is 5.39. The quantitative estimate of drug-likeness (QED) is 0.430. The van der Waals surface area contributed by atoms with E-state index in [-0.39, 0.29) is 5.41 Å². The standard InChI is InChI=1S/C14H26O2/c1-6-7-8-9-12(2)13(3,4)10-11-14(5,15)16/h12,15-16H,6-9H2,1-5H3. The molecule has 0 heterocycles. The van der Waals surface area contributed by atoms with Crippen molar-refractivity contribution in [3.63, 3.8) is 0 Å². The highest BCUT2D eigenvalue weighted by Crippen LogP contribution is 2.30. The van der Waals surface area contributed by atoms with Crippen LogP contribution in [0.1, 0.15) is 60.3 Å². The average Bonchev–Trinajstić information content (AvgIpc) is 2.14. The fourth-order valence-electron chi connectivity index (χ4n) is 1.46. The molecule has 0 saturated carbocycles. The summed E-state index contributed by atoms with van der Waals surface area (Å²) in [4.78, 5) is 0. The normalized spacial score (nSPS) is 14.2. The Kier molecular flexibility index (Phi) is 6.07. The van der Waals surface area contributed by atoms with Crippen LogP contribution in [0.5, 0.6) is 0 Å². The maximum absolute atomic E-state index is 9.16. The summed E-state index contributed by atoms with van der Waals surface area (Å²) in [6, 6.07) is 0. The van der Waals surface area contributed by atoms with Gasteiger partial charge in [0.15, 0.2) is 0 Å². The van der Waals surface area contributed by atoms with Gasteiger partial charge in [-0.25, -0.2) is 0 Å². The summed E-state index contributed by atoms with van der Waals surface area (Å²) in [5.74, 6) is 4.06. The van der Waals surface area contributed by atoms with Crippen LogP contribution in [0.4, 0.5) is 0 Å². The van der Waals surface area contributed by atoms with Crippen molar-refractivity contribution >= 4 is 0 Å². The molecule has 0 fully saturated rings. The molecule has 1 atom stereocenters. The van der Waals surface area contributed by atoms with E-state index >= 15 is 0 Å². The molecule has 0 spiro atoms. The van der Waals surface area contributed by atoms with E-state index in [0.29, 0.717) is 5.92 Å². The van der Waals surface area contributed by atoms with E-state index in [9.17, 15) is 0 Å². The van der Waals surface area contributed by atoms with Crippen LogP contribution in [-0.4, -0.2) is 16.0 Å². The van der Waals surface area contributed by atoms with Crippen molar-refractivity contribution in [2.75, 3.05) is 0 Å². The van der Waals surface area contributed by atoms with Gasteiger partial charge in [-0.15, -0.1) is 0 Å². The molecule has 2 N–H and O–H groups in total. The fraction of sp³-hybridized carbons (Fsp3) is 0.857. The average molecular weight is 226 g/mol. The highest BCUT2D eigenvalue weighted by Gasteiger charge is 2.24. The molecule has 0 aromatic rings. The minimum absolute atomic E-state index is 0.166. The van der Waals surface area contributed by atoms with Crippen molar-refractivity contribution in [2.45, 2.75) is 66.1 Å². The fourth-order valence-corrected chi connectivity index (χ4v) is 1.46. The highest BCUT2D eigenvalue weighted by molar-refractivity contribution is 5.14. The Morgan fingerprint density at radius 3 is 2.06 bits per heavy atom. The lowest BCUT2D eigenvalue weighted by Gasteiger charge is -2.26. The van der Waals surface area contributed by atoms with Crippen molar-refractivity contribution in [3.8, 4) is 11.8 Å². The van der Waals surface area contributed by atoms with Crippen molar-refractivity contribution < 1.29 is 10.2 Å². The summed E-state index contributed by atoms with van der Waals surface area (Å²) in [5, 5.41) is 18.3. The van der Waals surface area contributed by atoms with Crippen LogP contribution < -0.4 is 0 Å². The molecule has 0 aliphatic heterocycles. The summed E-state index contributed by atoms with van der Waals surface area (Å²) >= 11 is 0. The van der Waals surface area contributed by atoms with E-state index in [2.05, 4.69) is 39.5 Å². The van der Waals surface area contributed by atoms with E-state index in [0.717, 1.165) is 6.42 Å². The molecule has 0 rings (SSSR count). The topological polar surface area (TPSA) is 40.5 Å². The molecule has 2 heteroatoms. The molecular formula is C14H26O2. The first-order valence-electron chi connectivity index (χ1n) is 6.18. The van der Waals surface area contributed by atoms with Crippen LogP contribution in [0, 0.1) is 23.2 Å². The Morgan fingerprint density at radius 1 is 1.06 bits per heavy atom. The Morgan fingerprint density at radius 2 is 1.62 bits per heavy atom. The van der Waals surface area contributed by atoms with Gasteiger partial charge in [0, 0.05) is 12.3 Å². The number of aliphatic hydroxyl groups is 2. The molecule has 16 heavy (non-hydrogen) atoms. The predicted molar refractivity (Wildman–Crippen MR) is 67.7 cm³/mol. The van der Waals surface area contributed by atoms with Crippen LogP contribution in [0.25, 0.3) is 0 Å². The zero-order chi connectivity index (χ0) is 12.8. The van der Waals surface area contributed by atoms with Gasteiger partial charge in [0.1, 0.15) is 0 Å². The first kappa shape index (κ1) is 15.5. The van der Waals surface area contributed by atoms with Gasteiger partial charge in [0.2, 0.25) is 5.79 Å². The maximum Gasteiger partial charge on any atom is 0.225 e. The molecule has 2 nitrogen and oxygen atoms in total. The van der Waals surface area contributed by atoms with E-state index in [1.807, 2.05) is 0 Å². The Hall–Kier alpha value is -0.520. The monoisotopic (exact) mass is 226 g/mol. The van der Waals surface area contributed by atoms with Crippen LogP contribution in [0.2, 0.25) is 0 Å². The third-order valence-electron chi connectivity index (χ3n) is 3.09. The minimum atomic E-state index is -1.87. The van der Waals surface area contributed by atoms with Crippen LogP contribution in [0.3, 0.4) is 0 Å². The van der Waals surface area contributed by atoms with Gasteiger partial charge in [-0.3, -0.25) is 0 Å². The van der Waals surface area contributed by atoms with Gasteiger partial charge in [-0.1, -0.05) is 39.0 Å². The van der Waals surface area contributed by atoms with Crippen LogP contribution >= 0.6 is 0 Å². The van der Waals surface area contributed by atoms with Crippen LogP contribution in [0.15, 0.2) is 0 Å². The van der Waals surface area contributed by atoms with Gasteiger partial charge < -0.3 is 10.2 Å². The largest absolute Gasteiger partial charge is 0.356 e. The lowest BCUT2D eigenvalue weighted by molar-refractivity contribution is -0.0918. The molecule has 0 aromatic heterocycles. The lowest BCUT2D eigenvalue weighted by Crippen LogP contribution is -2.24. The molecule has 0 aliphatic rings. The summed E-state index contributed by atoms with van der Waals surface area (Å²) in [7, 11) is 0. The second kappa shape index (κ2) is 6.27. The molecule has 0 amide bonds. The van der Waals surface area contributed by atoms with E-state index in [1.165, 1.54) is 26.2 Å². The summed E-state index contributed by atoms with van der Waals surface area (Å²) in [5.41, 5.74) is -0.166. The van der Waals surface area contributed by atoms with Gasteiger partial charge >= 0.3 is 0 Å². The van der Waals surface area contributed by atoms with E-state index in [4.69, 9.17) is 10.2 Å². The minimum Gasteiger partial charge on any atom is -0.356 e. The van der Waals surface area contributed by atoms with Crippen LogP contribution in [-0.2, 0) is 0 Å². The number of rotatable bonds is 5. The molecule has 0 aliphatic carbocycles. The van der Waals surface area contributed by atoms with Gasteiger partial charge in [-0.2, -0.15) is 0 Å². The zero-order valence-corrected chi connectivity index (χ0v) is 11.3. The molecule has 94 valence electrons. The Balaban J connectivity index is 4.34. The molecule has 0 saturated heterocycles. The van der Waals surface area contributed by atoms with Crippen molar-refractivity contribution in [1.82, 2.24) is 0 Å². The molecule has 1 unspecified atom stereocenters. The van der Waals surface area contributed by atoms with Gasteiger partial charge in [0.25, 0.3) is 0 Å². The molecular weight excluding hydrogens is 200 g/mol. The first-order valence-corrected chi connectivity index (χ1v) is 6.18. The third kappa shape index (κ3) is 6.87. The van der Waals surface area contributed by atoms with Crippen molar-refractivity contribution in [2.24, 2.45) is 11.3 Å². The Bertz CT molecular complexity index is 250. The smallest absolute Gasteiger partial charge is 0.225 e. The maximum atomic E-state index is 9.16. The summed E-state index contributed by atoms with van der Waals surface area (Å²) in [6.45, 7) is 9.78. The van der Waals surface area contributed by atoms with E-state index < -0.39 is 5.79 Å². The number of hydrogen-bond donors (Lipinski definition) is 2. The SMILES string of the molecule is CCCCCC(C)C(C)(C)C#CC(C)(O)O. The molecule has 0 radical (unpaired) electrons. The predicted octanol–water partition coefficient (Wildman–Crippen LogP) is 2.93. The first-order chi connectivity index (χ1) is 7.19. The zero-order valence-electron chi connectivity index (χ0n) is 11.3. The second-order valence-electron chi connectivity index (χ2n) is 5.39. The van der Waals surface area contributed by atoms with Crippen molar-refractivity contribution in [3.05, 3.63) is 0 Å². The Labute approximate surface area is 100 Å². The molecule has 0 bridgehead atoms. The molecule has 0 aromatic carbocycles. The number of hydrogen-bond acceptors (Lipinski definition) is 2. The summed E-state index contributed by atoms with van der Waals surface area (Å²) < 4.78 is 0. The highest BCUT2D eigenvalue weighted by atomic mass is 16.5.